The zero-order valence-electron chi connectivity index (χ0n) is 30.9. The summed E-state index contributed by atoms with van der Waals surface area (Å²) < 4.78 is 18.4. The van der Waals surface area contributed by atoms with Crippen molar-refractivity contribution in [3.8, 4) is 5.75 Å². The second-order valence-electron chi connectivity index (χ2n) is 15.3. The van der Waals surface area contributed by atoms with Crippen LogP contribution in [0.4, 0.5) is 5.69 Å². The molecule has 3 aromatic rings. The largest absolute Gasteiger partial charge is 0.488 e. The van der Waals surface area contributed by atoms with E-state index in [1.165, 1.54) is 7.11 Å². The highest BCUT2D eigenvalue weighted by molar-refractivity contribution is 6.27. The van der Waals surface area contributed by atoms with Crippen LogP contribution in [0.3, 0.4) is 0 Å². The predicted molar refractivity (Wildman–Crippen MR) is 191 cm³/mol. The first-order valence-corrected chi connectivity index (χ1v) is 17.5. The summed E-state index contributed by atoms with van der Waals surface area (Å²) in [6.45, 7) is 9.38. The van der Waals surface area contributed by atoms with E-state index >= 15 is 9.59 Å². The number of Topliss-reactive ketones (excluding diaryl/α,β-unsaturated/α-hetero) is 3. The van der Waals surface area contributed by atoms with Gasteiger partial charge in [-0.2, -0.15) is 0 Å². The number of benzene rings is 2. The molecule has 2 aromatic carbocycles. The number of ether oxygens (including phenoxy) is 2. The van der Waals surface area contributed by atoms with E-state index in [1.54, 1.807) is 6.92 Å². The number of methoxy groups -OCH3 is 1. The summed E-state index contributed by atoms with van der Waals surface area (Å²) in [6.07, 6.45) is 1.93. The molecule has 1 saturated carbocycles. The lowest BCUT2D eigenvalue weighted by atomic mass is 9.51. The molecule has 6 rings (SSSR count). The summed E-state index contributed by atoms with van der Waals surface area (Å²) >= 11 is 0. The molecule has 1 fully saturated rings. The standard InChI is InChI=1S/C39H51N5O6/c1-10-37(3,4)40-20-26-17-28(49-21-24-14-12-11-13-15-24)32-27(33(26)44(7)8)16-25-18-38(41-22-43(5)6)19-29-30(23(2)42-50-29)35(46)39(38,48-9)36(47)31(25)34(32)45/h11-15,17,25,31,40-41H,10,16,18-22H2,1-9H3. The van der Waals surface area contributed by atoms with Crippen molar-refractivity contribution in [1.29, 1.82) is 0 Å². The molecular weight excluding hydrogens is 634 g/mol. The summed E-state index contributed by atoms with van der Waals surface area (Å²) in [6, 6.07) is 11.8. The quantitative estimate of drug-likeness (QED) is 0.207. The van der Waals surface area contributed by atoms with Crippen molar-refractivity contribution in [2.75, 3.05) is 46.9 Å². The van der Waals surface area contributed by atoms with Crippen molar-refractivity contribution in [3.63, 3.8) is 0 Å². The molecule has 2 N–H and O–H groups in total. The monoisotopic (exact) mass is 685 g/mol. The molecule has 4 unspecified atom stereocenters. The number of nitrogens with one attached hydrogen (secondary N) is 2. The van der Waals surface area contributed by atoms with Crippen molar-refractivity contribution in [2.45, 2.75) is 83.2 Å². The summed E-state index contributed by atoms with van der Waals surface area (Å²) in [7, 11) is 9.20. The van der Waals surface area contributed by atoms with E-state index in [9.17, 15) is 4.79 Å². The number of carbonyl (C=O) groups is 3. The Balaban J connectivity index is 1.52. The van der Waals surface area contributed by atoms with Crippen LogP contribution in [0, 0.1) is 18.8 Å². The lowest BCUT2D eigenvalue weighted by Gasteiger charge is -2.57. The van der Waals surface area contributed by atoms with Crippen LogP contribution < -0.4 is 20.3 Å². The molecule has 50 heavy (non-hydrogen) atoms. The minimum atomic E-state index is -1.95. The normalized spacial score (nSPS) is 24.5. The van der Waals surface area contributed by atoms with Gasteiger partial charge in [-0.3, -0.25) is 24.6 Å². The minimum absolute atomic E-state index is 0.110. The van der Waals surface area contributed by atoms with Gasteiger partial charge in [0, 0.05) is 52.1 Å². The van der Waals surface area contributed by atoms with E-state index in [1.807, 2.05) is 69.5 Å². The number of hydrogen-bond acceptors (Lipinski definition) is 11. The second-order valence-corrected chi connectivity index (χ2v) is 15.3. The first-order chi connectivity index (χ1) is 23.7. The average Bonchev–Trinajstić information content (AvgIpc) is 3.44. The number of aryl methyl sites for hydroxylation is 1. The molecule has 0 saturated heterocycles. The van der Waals surface area contributed by atoms with E-state index in [0.717, 1.165) is 28.8 Å². The number of carbonyl (C=O) groups excluding carboxylic acids is 3. The molecule has 4 atom stereocenters. The fourth-order valence-electron chi connectivity index (χ4n) is 8.31. The molecule has 3 aliphatic carbocycles. The SMILES string of the molecule is CCC(C)(C)NCc1cc(OCc2ccccc2)c2c(c1N(C)C)CC1CC3(NCN(C)C)Cc4onc(C)c4C(=O)C3(OC)C(=O)C1C2=O. The van der Waals surface area contributed by atoms with Crippen LogP contribution in [-0.4, -0.2) is 86.1 Å². The molecule has 268 valence electrons. The third kappa shape index (κ3) is 5.78. The first-order valence-electron chi connectivity index (χ1n) is 17.5. The highest BCUT2D eigenvalue weighted by Crippen LogP contribution is 2.55. The topological polar surface area (TPSA) is 126 Å². The number of rotatable bonds is 12. The van der Waals surface area contributed by atoms with Crippen molar-refractivity contribution >= 4 is 23.0 Å². The van der Waals surface area contributed by atoms with Crippen LogP contribution >= 0.6 is 0 Å². The number of hydrogen-bond donors (Lipinski definition) is 2. The second kappa shape index (κ2) is 13.3. The van der Waals surface area contributed by atoms with Crippen LogP contribution in [0.2, 0.25) is 0 Å². The van der Waals surface area contributed by atoms with Gasteiger partial charge in [0.15, 0.2) is 11.6 Å². The van der Waals surface area contributed by atoms with Crippen molar-refractivity contribution in [3.05, 3.63) is 75.7 Å². The summed E-state index contributed by atoms with van der Waals surface area (Å²) in [5.41, 5.74) is 1.60. The maximum absolute atomic E-state index is 15.2. The van der Waals surface area contributed by atoms with Gasteiger partial charge in [-0.25, -0.2) is 0 Å². The van der Waals surface area contributed by atoms with Gasteiger partial charge >= 0.3 is 0 Å². The maximum Gasteiger partial charge on any atom is 0.209 e. The molecule has 3 aliphatic rings. The third-order valence-electron chi connectivity index (χ3n) is 11.1. The molecule has 0 bridgehead atoms. The highest BCUT2D eigenvalue weighted by atomic mass is 16.5. The maximum atomic E-state index is 15.2. The lowest BCUT2D eigenvalue weighted by molar-refractivity contribution is -0.160. The van der Waals surface area contributed by atoms with E-state index in [-0.39, 0.29) is 29.9 Å². The Labute approximate surface area is 295 Å². The number of nitrogens with zero attached hydrogens (tertiary/aromatic N) is 3. The van der Waals surface area contributed by atoms with E-state index in [0.29, 0.717) is 48.8 Å². The zero-order chi connectivity index (χ0) is 36.2. The minimum Gasteiger partial charge on any atom is -0.488 e. The molecule has 0 radical (unpaired) electrons. The van der Waals surface area contributed by atoms with E-state index < -0.39 is 34.5 Å². The molecule has 0 amide bonds. The average molecular weight is 686 g/mol. The number of fused-ring (bicyclic) bond motifs is 4. The number of ketones is 3. The van der Waals surface area contributed by atoms with Crippen LogP contribution in [0.15, 0.2) is 40.9 Å². The highest BCUT2D eigenvalue weighted by Gasteiger charge is 2.72. The smallest absolute Gasteiger partial charge is 0.209 e. The zero-order valence-corrected chi connectivity index (χ0v) is 30.9. The summed E-state index contributed by atoms with van der Waals surface area (Å²) in [5.74, 6) is -2.00. The summed E-state index contributed by atoms with van der Waals surface area (Å²) in [5, 5.41) is 11.4. The van der Waals surface area contributed by atoms with E-state index in [4.69, 9.17) is 14.0 Å². The Kier molecular flexibility index (Phi) is 9.58. The van der Waals surface area contributed by atoms with Gasteiger partial charge in [-0.05, 0) is 82.8 Å². The van der Waals surface area contributed by atoms with Crippen molar-refractivity contribution in [2.24, 2.45) is 11.8 Å². The molecule has 0 aliphatic heterocycles. The fourth-order valence-corrected chi connectivity index (χ4v) is 8.31. The van der Waals surface area contributed by atoms with Crippen molar-refractivity contribution in [1.82, 2.24) is 20.7 Å². The Morgan fingerprint density at radius 1 is 1.08 bits per heavy atom. The Morgan fingerprint density at radius 2 is 1.80 bits per heavy atom. The Morgan fingerprint density at radius 3 is 2.44 bits per heavy atom. The molecule has 1 heterocycles. The molecule has 11 nitrogen and oxygen atoms in total. The first kappa shape index (κ1) is 35.9. The number of anilines is 1. The van der Waals surface area contributed by atoms with Crippen LogP contribution in [0.25, 0.3) is 0 Å². The Bertz CT molecular complexity index is 1800. The molecule has 1 aromatic heterocycles. The van der Waals surface area contributed by atoms with E-state index in [2.05, 4.69) is 41.5 Å². The predicted octanol–water partition coefficient (Wildman–Crippen LogP) is 4.52. The van der Waals surface area contributed by atoms with Gasteiger partial charge in [0.25, 0.3) is 0 Å². The van der Waals surface area contributed by atoms with Gasteiger partial charge < -0.3 is 24.2 Å². The van der Waals surface area contributed by atoms with Gasteiger partial charge in [-0.15, -0.1) is 0 Å². The molecule has 0 spiro atoms. The fraction of sp³-hybridized carbons (Fsp3) is 0.538. The Hall–Kier alpha value is -3.90. The van der Waals surface area contributed by atoms with Gasteiger partial charge in [-0.1, -0.05) is 42.4 Å². The van der Waals surface area contributed by atoms with Crippen LogP contribution in [0.5, 0.6) is 5.75 Å². The van der Waals surface area contributed by atoms with Crippen LogP contribution in [-0.2, 0) is 35.5 Å². The van der Waals surface area contributed by atoms with Gasteiger partial charge in [0.1, 0.15) is 18.1 Å². The number of aromatic nitrogens is 1. The summed E-state index contributed by atoms with van der Waals surface area (Å²) in [4.78, 5) is 48.8. The third-order valence-corrected chi connectivity index (χ3v) is 11.1. The molecule has 11 heteroatoms. The van der Waals surface area contributed by atoms with Crippen molar-refractivity contribution < 1.29 is 28.4 Å². The molecular formula is C39H51N5O6. The van der Waals surface area contributed by atoms with Gasteiger partial charge in [0.2, 0.25) is 11.4 Å². The lowest BCUT2D eigenvalue weighted by Crippen LogP contribution is -2.79. The van der Waals surface area contributed by atoms with Gasteiger partial charge in [0.05, 0.1) is 28.3 Å². The van der Waals surface area contributed by atoms with Crippen LogP contribution in [0.1, 0.15) is 82.5 Å².